The molecule has 3 N–H and O–H groups in total. The fraction of sp³-hybridized carbons (Fsp3) is 0.308. The van der Waals surface area contributed by atoms with Crippen molar-refractivity contribution in [1.82, 2.24) is 20.6 Å². The SMILES string of the molecule is CC(NC(=O)c1ccco1)C(=O)NC(C)c1ncc[nH]1. The Labute approximate surface area is 115 Å². The molecule has 0 aliphatic rings. The van der Waals surface area contributed by atoms with Crippen molar-refractivity contribution in [3.8, 4) is 0 Å². The summed E-state index contributed by atoms with van der Waals surface area (Å²) in [6.07, 6.45) is 4.69. The number of H-pyrrole nitrogens is 1. The number of hydrogen-bond acceptors (Lipinski definition) is 4. The van der Waals surface area contributed by atoms with Gasteiger partial charge in [0.25, 0.3) is 5.91 Å². The van der Waals surface area contributed by atoms with Gasteiger partial charge in [-0.25, -0.2) is 4.98 Å². The molecule has 2 atom stereocenters. The second kappa shape index (κ2) is 6.05. The molecule has 2 amide bonds. The summed E-state index contributed by atoms with van der Waals surface area (Å²) in [6, 6.07) is 2.20. The van der Waals surface area contributed by atoms with E-state index in [1.54, 1.807) is 32.3 Å². The minimum atomic E-state index is -0.676. The van der Waals surface area contributed by atoms with Gasteiger partial charge in [-0.15, -0.1) is 0 Å². The molecule has 2 unspecified atom stereocenters. The molecule has 2 heterocycles. The van der Waals surface area contributed by atoms with Crippen LogP contribution in [-0.2, 0) is 4.79 Å². The van der Waals surface area contributed by atoms with Crippen LogP contribution in [0.1, 0.15) is 36.3 Å². The van der Waals surface area contributed by atoms with Gasteiger partial charge in [0.15, 0.2) is 5.76 Å². The Hall–Kier alpha value is -2.57. The average molecular weight is 276 g/mol. The van der Waals surface area contributed by atoms with Crippen LogP contribution < -0.4 is 10.6 Å². The Balaban J connectivity index is 1.87. The van der Waals surface area contributed by atoms with Crippen LogP contribution in [-0.4, -0.2) is 27.8 Å². The summed E-state index contributed by atoms with van der Waals surface area (Å²) in [4.78, 5) is 30.7. The maximum absolute atomic E-state index is 12.0. The van der Waals surface area contributed by atoms with E-state index in [1.165, 1.54) is 12.3 Å². The number of aromatic amines is 1. The molecule has 7 heteroatoms. The lowest BCUT2D eigenvalue weighted by atomic mass is 10.2. The Morgan fingerprint density at radius 1 is 1.35 bits per heavy atom. The number of furan rings is 1. The maximum atomic E-state index is 12.0. The molecule has 0 aliphatic carbocycles. The fourth-order valence-electron chi connectivity index (χ4n) is 1.66. The monoisotopic (exact) mass is 276 g/mol. The molecular formula is C13H16N4O3. The molecule has 0 aliphatic heterocycles. The molecule has 0 aromatic carbocycles. The first-order valence-corrected chi connectivity index (χ1v) is 6.22. The number of aromatic nitrogens is 2. The number of rotatable bonds is 5. The van der Waals surface area contributed by atoms with Gasteiger partial charge in [0.1, 0.15) is 11.9 Å². The van der Waals surface area contributed by atoms with Gasteiger partial charge in [0, 0.05) is 12.4 Å². The summed E-state index contributed by atoms with van der Waals surface area (Å²) in [5, 5.41) is 5.31. The quantitative estimate of drug-likeness (QED) is 0.758. The van der Waals surface area contributed by atoms with Gasteiger partial charge in [0.05, 0.1) is 12.3 Å². The standard InChI is InChI=1S/C13H16N4O3/c1-8(11-14-5-6-15-11)16-12(18)9(2)17-13(19)10-4-3-7-20-10/h3-9H,1-2H3,(H,14,15)(H,16,18)(H,17,19). The normalized spacial score (nSPS) is 13.5. The number of carbonyl (C=O) groups is 2. The van der Waals surface area contributed by atoms with Crippen LogP contribution in [0.2, 0.25) is 0 Å². The summed E-state index contributed by atoms with van der Waals surface area (Å²) < 4.78 is 4.96. The summed E-state index contributed by atoms with van der Waals surface area (Å²) in [5.41, 5.74) is 0. The van der Waals surface area contributed by atoms with Crippen LogP contribution in [0, 0.1) is 0 Å². The Kier molecular flexibility index (Phi) is 4.19. The molecule has 7 nitrogen and oxygen atoms in total. The molecule has 0 fully saturated rings. The summed E-state index contributed by atoms with van der Waals surface area (Å²) in [7, 11) is 0. The Bertz CT molecular complexity index is 562. The molecule has 0 saturated carbocycles. The highest BCUT2D eigenvalue weighted by Crippen LogP contribution is 2.06. The average Bonchev–Trinajstić information content (AvgIpc) is 3.11. The maximum Gasteiger partial charge on any atom is 0.287 e. The van der Waals surface area contributed by atoms with E-state index in [-0.39, 0.29) is 17.7 Å². The Morgan fingerprint density at radius 2 is 2.15 bits per heavy atom. The topological polar surface area (TPSA) is 100 Å². The van der Waals surface area contributed by atoms with Crippen LogP contribution in [0.25, 0.3) is 0 Å². The van der Waals surface area contributed by atoms with Crippen molar-refractivity contribution in [2.75, 3.05) is 0 Å². The van der Waals surface area contributed by atoms with E-state index in [2.05, 4.69) is 20.6 Å². The van der Waals surface area contributed by atoms with E-state index in [0.29, 0.717) is 5.82 Å². The van der Waals surface area contributed by atoms with E-state index in [9.17, 15) is 9.59 Å². The van der Waals surface area contributed by atoms with E-state index < -0.39 is 11.9 Å². The van der Waals surface area contributed by atoms with Gasteiger partial charge in [-0.2, -0.15) is 0 Å². The number of amides is 2. The zero-order valence-corrected chi connectivity index (χ0v) is 11.2. The zero-order chi connectivity index (χ0) is 14.5. The third-order valence-electron chi connectivity index (χ3n) is 2.77. The molecule has 2 aromatic heterocycles. The molecule has 0 saturated heterocycles. The number of hydrogen-bond donors (Lipinski definition) is 3. The molecule has 0 radical (unpaired) electrons. The van der Waals surface area contributed by atoms with Crippen molar-refractivity contribution in [1.29, 1.82) is 0 Å². The summed E-state index contributed by atoms with van der Waals surface area (Å²) in [5.74, 6) is 0.101. The second-order valence-corrected chi connectivity index (χ2v) is 4.38. The van der Waals surface area contributed by atoms with Gasteiger partial charge in [-0.3, -0.25) is 9.59 Å². The first-order valence-electron chi connectivity index (χ1n) is 6.22. The van der Waals surface area contributed by atoms with Crippen LogP contribution in [0.5, 0.6) is 0 Å². The molecular weight excluding hydrogens is 260 g/mol. The highest BCUT2D eigenvalue weighted by molar-refractivity contribution is 5.95. The zero-order valence-electron chi connectivity index (χ0n) is 11.2. The largest absolute Gasteiger partial charge is 0.459 e. The van der Waals surface area contributed by atoms with Crippen molar-refractivity contribution in [2.24, 2.45) is 0 Å². The number of imidazole rings is 1. The Morgan fingerprint density at radius 3 is 2.75 bits per heavy atom. The van der Waals surface area contributed by atoms with Crippen LogP contribution >= 0.6 is 0 Å². The summed E-state index contributed by atoms with van der Waals surface area (Å²) >= 11 is 0. The second-order valence-electron chi connectivity index (χ2n) is 4.38. The van der Waals surface area contributed by atoms with Crippen molar-refractivity contribution in [3.63, 3.8) is 0 Å². The van der Waals surface area contributed by atoms with Crippen molar-refractivity contribution < 1.29 is 14.0 Å². The first kappa shape index (κ1) is 13.9. The number of nitrogens with zero attached hydrogens (tertiary/aromatic N) is 1. The number of nitrogens with one attached hydrogen (secondary N) is 3. The predicted octanol–water partition coefficient (Wildman–Crippen LogP) is 0.998. The lowest BCUT2D eigenvalue weighted by molar-refractivity contribution is -0.123. The molecule has 0 bridgehead atoms. The van der Waals surface area contributed by atoms with Gasteiger partial charge < -0.3 is 20.0 Å². The predicted molar refractivity (Wildman–Crippen MR) is 70.8 cm³/mol. The smallest absolute Gasteiger partial charge is 0.287 e. The fourth-order valence-corrected chi connectivity index (χ4v) is 1.66. The molecule has 20 heavy (non-hydrogen) atoms. The van der Waals surface area contributed by atoms with E-state index in [1.807, 2.05) is 0 Å². The van der Waals surface area contributed by atoms with Gasteiger partial charge in [-0.05, 0) is 26.0 Å². The van der Waals surface area contributed by atoms with Crippen LogP contribution in [0.4, 0.5) is 0 Å². The molecule has 0 spiro atoms. The summed E-state index contributed by atoms with van der Waals surface area (Å²) in [6.45, 7) is 3.41. The van der Waals surface area contributed by atoms with Crippen molar-refractivity contribution >= 4 is 11.8 Å². The van der Waals surface area contributed by atoms with Crippen LogP contribution in [0.3, 0.4) is 0 Å². The van der Waals surface area contributed by atoms with Gasteiger partial charge >= 0.3 is 0 Å². The lowest BCUT2D eigenvalue weighted by Crippen LogP contribution is -2.45. The number of carbonyl (C=O) groups excluding carboxylic acids is 2. The van der Waals surface area contributed by atoms with E-state index in [4.69, 9.17) is 4.42 Å². The van der Waals surface area contributed by atoms with Crippen molar-refractivity contribution in [3.05, 3.63) is 42.4 Å². The molecule has 106 valence electrons. The molecule has 2 rings (SSSR count). The third-order valence-corrected chi connectivity index (χ3v) is 2.77. The van der Waals surface area contributed by atoms with Crippen molar-refractivity contribution in [2.45, 2.75) is 25.9 Å². The van der Waals surface area contributed by atoms with Gasteiger partial charge in [-0.1, -0.05) is 0 Å². The highest BCUT2D eigenvalue weighted by Gasteiger charge is 2.20. The molecule has 2 aromatic rings. The van der Waals surface area contributed by atoms with E-state index in [0.717, 1.165) is 0 Å². The minimum Gasteiger partial charge on any atom is -0.459 e. The lowest BCUT2D eigenvalue weighted by Gasteiger charge is -2.16. The minimum absolute atomic E-state index is 0.170. The van der Waals surface area contributed by atoms with E-state index >= 15 is 0 Å². The highest BCUT2D eigenvalue weighted by atomic mass is 16.3. The van der Waals surface area contributed by atoms with Gasteiger partial charge in [0.2, 0.25) is 5.91 Å². The third kappa shape index (κ3) is 3.25. The van der Waals surface area contributed by atoms with Crippen LogP contribution in [0.15, 0.2) is 35.2 Å². The first-order chi connectivity index (χ1) is 9.58.